The number of hydrogen-bond donors (Lipinski definition) is 1. The van der Waals surface area contributed by atoms with Crippen LogP contribution in [0, 0.1) is 5.41 Å². The van der Waals surface area contributed by atoms with E-state index < -0.39 is 0 Å². The summed E-state index contributed by atoms with van der Waals surface area (Å²) in [6.45, 7) is 3.44. The number of thioether (sulfide) groups is 1. The van der Waals surface area contributed by atoms with Gasteiger partial charge in [0.15, 0.2) is 0 Å². The van der Waals surface area contributed by atoms with Crippen molar-refractivity contribution in [1.29, 1.82) is 0 Å². The van der Waals surface area contributed by atoms with Crippen LogP contribution in [0.25, 0.3) is 0 Å². The van der Waals surface area contributed by atoms with Crippen molar-refractivity contribution in [2.24, 2.45) is 11.1 Å². The summed E-state index contributed by atoms with van der Waals surface area (Å²) in [7, 11) is 0. The smallest absolute Gasteiger partial charge is 0.0332 e. The first-order valence-electron chi connectivity index (χ1n) is 8.32. The monoisotopic (exact) mass is 282 g/mol. The maximum absolute atomic E-state index is 6.26. The molecule has 1 aliphatic heterocycles. The van der Waals surface area contributed by atoms with Gasteiger partial charge < -0.3 is 5.73 Å². The van der Waals surface area contributed by atoms with Gasteiger partial charge in [-0.3, -0.25) is 4.90 Å². The molecule has 19 heavy (non-hydrogen) atoms. The van der Waals surface area contributed by atoms with Crippen LogP contribution < -0.4 is 5.73 Å². The Bertz CT molecular complexity index is 281. The Hall–Kier alpha value is 0.270. The summed E-state index contributed by atoms with van der Waals surface area (Å²) in [5.74, 6) is 2.66. The van der Waals surface area contributed by atoms with Gasteiger partial charge in [0, 0.05) is 24.4 Å². The van der Waals surface area contributed by atoms with Gasteiger partial charge in [-0.1, -0.05) is 12.8 Å². The highest BCUT2D eigenvalue weighted by Gasteiger charge is 2.45. The molecule has 110 valence electrons. The highest BCUT2D eigenvalue weighted by molar-refractivity contribution is 7.99. The standard InChI is InChI=1S/C16H30N2S/c17-14-16(18-10-3-12-19-13-11-18)8-6-15(7-9-16)4-1-2-5-15/h1-14,17H2. The predicted octanol–water partition coefficient (Wildman–Crippen LogP) is 3.26. The topological polar surface area (TPSA) is 29.3 Å². The van der Waals surface area contributed by atoms with E-state index in [2.05, 4.69) is 16.7 Å². The van der Waals surface area contributed by atoms with E-state index >= 15 is 0 Å². The Labute approximate surface area is 122 Å². The predicted molar refractivity (Wildman–Crippen MR) is 84.7 cm³/mol. The molecule has 3 rings (SSSR count). The maximum Gasteiger partial charge on any atom is 0.0332 e. The lowest BCUT2D eigenvalue weighted by Gasteiger charge is -2.50. The van der Waals surface area contributed by atoms with Gasteiger partial charge in [0.1, 0.15) is 0 Å². The molecule has 0 aromatic carbocycles. The van der Waals surface area contributed by atoms with Gasteiger partial charge in [-0.2, -0.15) is 11.8 Å². The van der Waals surface area contributed by atoms with Crippen molar-refractivity contribution >= 4 is 11.8 Å². The van der Waals surface area contributed by atoms with Crippen LogP contribution in [0.5, 0.6) is 0 Å². The number of rotatable bonds is 2. The molecule has 0 aromatic rings. The lowest BCUT2D eigenvalue weighted by atomic mass is 9.66. The molecule has 1 saturated heterocycles. The summed E-state index contributed by atoms with van der Waals surface area (Å²) in [6, 6.07) is 0. The second-order valence-corrected chi connectivity index (χ2v) is 8.31. The highest BCUT2D eigenvalue weighted by atomic mass is 32.2. The summed E-state index contributed by atoms with van der Waals surface area (Å²) in [6.07, 6.45) is 13.0. The summed E-state index contributed by atoms with van der Waals surface area (Å²) < 4.78 is 0. The lowest BCUT2D eigenvalue weighted by molar-refractivity contribution is 0.0186. The average Bonchev–Trinajstić information content (AvgIpc) is 2.74. The van der Waals surface area contributed by atoms with E-state index in [1.165, 1.54) is 82.4 Å². The first-order chi connectivity index (χ1) is 9.29. The Morgan fingerprint density at radius 3 is 2.26 bits per heavy atom. The molecule has 2 N–H and O–H groups in total. The Balaban J connectivity index is 1.67. The molecule has 0 radical (unpaired) electrons. The maximum atomic E-state index is 6.26. The largest absolute Gasteiger partial charge is 0.329 e. The fourth-order valence-corrected chi connectivity index (χ4v) is 5.63. The van der Waals surface area contributed by atoms with Crippen LogP contribution >= 0.6 is 11.8 Å². The van der Waals surface area contributed by atoms with Crippen molar-refractivity contribution in [2.75, 3.05) is 31.1 Å². The van der Waals surface area contributed by atoms with Crippen LogP contribution in [0.1, 0.15) is 57.8 Å². The molecule has 2 saturated carbocycles. The van der Waals surface area contributed by atoms with Gasteiger partial charge >= 0.3 is 0 Å². The second kappa shape index (κ2) is 5.95. The van der Waals surface area contributed by atoms with Gasteiger partial charge in [0.2, 0.25) is 0 Å². The molecule has 0 bridgehead atoms. The van der Waals surface area contributed by atoms with Crippen molar-refractivity contribution in [3.8, 4) is 0 Å². The fraction of sp³-hybridized carbons (Fsp3) is 1.00. The van der Waals surface area contributed by atoms with E-state index in [4.69, 9.17) is 5.73 Å². The zero-order chi connectivity index (χ0) is 13.2. The molecule has 0 aromatic heterocycles. The van der Waals surface area contributed by atoms with E-state index in [1.54, 1.807) is 0 Å². The van der Waals surface area contributed by atoms with Crippen molar-refractivity contribution < 1.29 is 0 Å². The van der Waals surface area contributed by atoms with E-state index in [1.807, 2.05) is 0 Å². The van der Waals surface area contributed by atoms with E-state index in [0.29, 0.717) is 5.54 Å². The zero-order valence-corrected chi connectivity index (χ0v) is 13.1. The van der Waals surface area contributed by atoms with Gasteiger partial charge in [-0.15, -0.1) is 0 Å². The molecule has 0 amide bonds. The summed E-state index contributed by atoms with van der Waals surface area (Å²) >= 11 is 2.13. The van der Waals surface area contributed by atoms with Crippen LogP contribution in [0.2, 0.25) is 0 Å². The van der Waals surface area contributed by atoms with Gasteiger partial charge in [-0.05, 0) is 62.7 Å². The third kappa shape index (κ3) is 2.84. The molecule has 0 unspecified atom stereocenters. The molecule has 2 aliphatic carbocycles. The molecule has 3 heteroatoms. The minimum atomic E-state index is 0.360. The number of nitrogens with two attached hydrogens (primary N) is 1. The number of hydrogen-bond acceptors (Lipinski definition) is 3. The highest BCUT2D eigenvalue weighted by Crippen LogP contribution is 2.52. The molecule has 1 heterocycles. The molecular formula is C16H30N2S. The normalized spacial score (nSPS) is 31.4. The minimum Gasteiger partial charge on any atom is -0.329 e. The third-order valence-corrected chi connectivity index (χ3v) is 7.23. The number of nitrogens with zero attached hydrogens (tertiary/aromatic N) is 1. The molecule has 0 atom stereocenters. The van der Waals surface area contributed by atoms with Gasteiger partial charge in [0.25, 0.3) is 0 Å². The van der Waals surface area contributed by atoms with Crippen LogP contribution in [-0.2, 0) is 0 Å². The Kier molecular flexibility index (Phi) is 4.45. The van der Waals surface area contributed by atoms with Crippen molar-refractivity contribution in [1.82, 2.24) is 4.90 Å². The third-order valence-electron chi connectivity index (χ3n) is 6.18. The molecular weight excluding hydrogens is 252 g/mol. The van der Waals surface area contributed by atoms with Crippen LogP contribution in [0.3, 0.4) is 0 Å². The summed E-state index contributed by atoms with van der Waals surface area (Å²) in [5, 5.41) is 0. The van der Waals surface area contributed by atoms with Gasteiger partial charge in [0.05, 0.1) is 0 Å². The van der Waals surface area contributed by atoms with E-state index in [0.717, 1.165) is 12.0 Å². The molecule has 1 spiro atoms. The lowest BCUT2D eigenvalue weighted by Crippen LogP contribution is -2.57. The van der Waals surface area contributed by atoms with E-state index in [-0.39, 0.29) is 0 Å². The Morgan fingerprint density at radius 1 is 0.842 bits per heavy atom. The fourth-order valence-electron chi connectivity index (χ4n) is 4.74. The van der Waals surface area contributed by atoms with E-state index in [9.17, 15) is 0 Å². The van der Waals surface area contributed by atoms with Gasteiger partial charge in [-0.25, -0.2) is 0 Å². The van der Waals surface area contributed by atoms with Crippen molar-refractivity contribution in [2.45, 2.75) is 63.3 Å². The van der Waals surface area contributed by atoms with Crippen LogP contribution in [0.15, 0.2) is 0 Å². The zero-order valence-electron chi connectivity index (χ0n) is 12.3. The Morgan fingerprint density at radius 2 is 1.58 bits per heavy atom. The minimum absolute atomic E-state index is 0.360. The van der Waals surface area contributed by atoms with Crippen molar-refractivity contribution in [3.05, 3.63) is 0 Å². The SMILES string of the molecule is NCC1(N2CCCSCC2)CCC2(CCCC2)CC1. The summed E-state index contributed by atoms with van der Waals surface area (Å²) in [5.41, 5.74) is 7.35. The second-order valence-electron chi connectivity index (χ2n) is 7.09. The quantitative estimate of drug-likeness (QED) is 0.843. The average molecular weight is 282 g/mol. The summed E-state index contributed by atoms with van der Waals surface area (Å²) in [4.78, 5) is 2.77. The molecule has 3 aliphatic rings. The molecule has 3 fully saturated rings. The first kappa shape index (κ1) is 14.2. The van der Waals surface area contributed by atoms with Crippen LogP contribution in [-0.4, -0.2) is 41.6 Å². The molecule has 2 nitrogen and oxygen atoms in total. The first-order valence-corrected chi connectivity index (χ1v) is 9.47. The van der Waals surface area contributed by atoms with Crippen molar-refractivity contribution in [3.63, 3.8) is 0 Å². The van der Waals surface area contributed by atoms with Crippen LogP contribution in [0.4, 0.5) is 0 Å².